The summed E-state index contributed by atoms with van der Waals surface area (Å²) in [6.45, 7) is 1.77. The van der Waals surface area contributed by atoms with Crippen molar-refractivity contribution >= 4 is 0 Å². The third-order valence-electron chi connectivity index (χ3n) is 4.92. The molecule has 1 aromatic carbocycles. The third-order valence-corrected chi connectivity index (χ3v) is 4.92. The van der Waals surface area contributed by atoms with Crippen molar-refractivity contribution in [1.82, 2.24) is 19.9 Å². The lowest BCUT2D eigenvalue weighted by Gasteiger charge is -2.24. The monoisotopic (exact) mass is 362 g/mol. The normalized spacial score (nSPS) is 17.1. The average molecular weight is 362 g/mol. The molecule has 6 nitrogen and oxygen atoms in total. The maximum atomic E-state index is 12.2. The van der Waals surface area contributed by atoms with Crippen molar-refractivity contribution in [2.75, 3.05) is 13.7 Å². The van der Waals surface area contributed by atoms with Crippen LogP contribution in [0.1, 0.15) is 30.3 Å². The summed E-state index contributed by atoms with van der Waals surface area (Å²) in [7, 11) is 1.68. The van der Waals surface area contributed by atoms with Crippen LogP contribution in [0.15, 0.2) is 59.7 Å². The number of aromatic nitrogens is 3. The second-order valence-corrected chi connectivity index (χ2v) is 6.74. The molecule has 1 fully saturated rings. The summed E-state index contributed by atoms with van der Waals surface area (Å²) >= 11 is 0. The number of nitrogens with one attached hydrogen (secondary N) is 1. The van der Waals surface area contributed by atoms with Gasteiger partial charge in [-0.1, -0.05) is 12.1 Å². The quantitative estimate of drug-likeness (QED) is 0.755. The first-order chi connectivity index (χ1) is 13.2. The Kier molecular flexibility index (Phi) is 4.98. The zero-order valence-electron chi connectivity index (χ0n) is 15.3. The van der Waals surface area contributed by atoms with Crippen LogP contribution in [0.25, 0.3) is 11.3 Å². The fourth-order valence-corrected chi connectivity index (χ4v) is 3.63. The molecule has 1 N–H and O–H groups in total. The van der Waals surface area contributed by atoms with Crippen molar-refractivity contribution in [3.63, 3.8) is 0 Å². The Morgan fingerprint density at radius 2 is 2.19 bits per heavy atom. The fourth-order valence-electron chi connectivity index (χ4n) is 3.63. The van der Waals surface area contributed by atoms with E-state index in [2.05, 4.69) is 27.0 Å². The molecule has 0 radical (unpaired) electrons. The van der Waals surface area contributed by atoms with Gasteiger partial charge in [0, 0.05) is 30.6 Å². The van der Waals surface area contributed by atoms with Gasteiger partial charge in [-0.3, -0.25) is 14.7 Å². The van der Waals surface area contributed by atoms with E-state index in [4.69, 9.17) is 9.72 Å². The van der Waals surface area contributed by atoms with E-state index in [1.807, 2.05) is 24.3 Å². The molecule has 0 aliphatic carbocycles. The first kappa shape index (κ1) is 17.4. The van der Waals surface area contributed by atoms with Crippen molar-refractivity contribution in [3.05, 3.63) is 76.6 Å². The lowest BCUT2D eigenvalue weighted by atomic mass is 10.1. The predicted octanol–water partition coefficient (Wildman–Crippen LogP) is 3.18. The lowest BCUT2D eigenvalue weighted by molar-refractivity contribution is 0.239. The standard InChI is InChI=1S/C21H22N4O2/c1-27-17-7-2-5-15(11-17)14-25-10-4-8-19(25)21-23-18(12-20(26)24-21)16-6-3-9-22-13-16/h2-3,5-7,9,11-13,19H,4,8,10,14H2,1H3,(H,23,24,26)/t19-/m1/s1. The fraction of sp³-hybridized carbons (Fsp3) is 0.286. The molecule has 3 heterocycles. The van der Waals surface area contributed by atoms with Crippen LogP contribution in [0.5, 0.6) is 5.75 Å². The lowest BCUT2D eigenvalue weighted by Crippen LogP contribution is -2.26. The first-order valence-corrected chi connectivity index (χ1v) is 9.11. The molecule has 0 bridgehead atoms. The van der Waals surface area contributed by atoms with E-state index in [9.17, 15) is 4.79 Å². The Bertz CT molecular complexity index is 971. The topological polar surface area (TPSA) is 71.1 Å². The van der Waals surface area contributed by atoms with E-state index in [-0.39, 0.29) is 11.6 Å². The number of hydrogen-bond donors (Lipinski definition) is 1. The van der Waals surface area contributed by atoms with Crippen molar-refractivity contribution in [1.29, 1.82) is 0 Å². The number of likely N-dealkylation sites (tertiary alicyclic amines) is 1. The third kappa shape index (κ3) is 3.90. The molecule has 4 rings (SSSR count). The van der Waals surface area contributed by atoms with Gasteiger partial charge in [0.2, 0.25) is 0 Å². The van der Waals surface area contributed by atoms with E-state index in [0.29, 0.717) is 5.69 Å². The van der Waals surface area contributed by atoms with Gasteiger partial charge in [0.25, 0.3) is 5.56 Å². The zero-order valence-corrected chi connectivity index (χ0v) is 15.3. The summed E-state index contributed by atoms with van der Waals surface area (Å²) in [5.74, 6) is 1.58. The van der Waals surface area contributed by atoms with Crippen LogP contribution in [0, 0.1) is 0 Å². The SMILES string of the molecule is COc1cccc(CN2CCC[C@@H]2c2nc(-c3cccnc3)cc(=O)[nH]2)c1. The molecule has 0 amide bonds. The van der Waals surface area contributed by atoms with E-state index in [1.54, 1.807) is 19.5 Å². The van der Waals surface area contributed by atoms with Crippen LogP contribution in [0.2, 0.25) is 0 Å². The zero-order chi connectivity index (χ0) is 18.6. The van der Waals surface area contributed by atoms with Gasteiger partial charge in [0.05, 0.1) is 18.8 Å². The second kappa shape index (κ2) is 7.72. The van der Waals surface area contributed by atoms with Crippen LogP contribution in [-0.2, 0) is 6.54 Å². The van der Waals surface area contributed by atoms with E-state index < -0.39 is 0 Å². The highest BCUT2D eigenvalue weighted by Crippen LogP contribution is 2.32. The van der Waals surface area contributed by atoms with Gasteiger partial charge < -0.3 is 9.72 Å². The maximum absolute atomic E-state index is 12.2. The molecule has 2 aromatic heterocycles. The summed E-state index contributed by atoms with van der Waals surface area (Å²) in [5.41, 5.74) is 2.57. The molecule has 3 aromatic rings. The molecule has 1 aliphatic heterocycles. The van der Waals surface area contributed by atoms with E-state index in [1.165, 1.54) is 11.6 Å². The van der Waals surface area contributed by atoms with E-state index in [0.717, 1.165) is 43.1 Å². The Hall–Kier alpha value is -2.99. The number of pyridine rings is 1. The first-order valence-electron chi connectivity index (χ1n) is 9.11. The molecule has 0 spiro atoms. The van der Waals surface area contributed by atoms with E-state index >= 15 is 0 Å². The Balaban J connectivity index is 1.62. The molecular weight excluding hydrogens is 340 g/mol. The van der Waals surface area contributed by atoms with Gasteiger partial charge in [0.15, 0.2) is 0 Å². The highest BCUT2D eigenvalue weighted by Gasteiger charge is 2.28. The molecule has 0 unspecified atom stereocenters. The largest absolute Gasteiger partial charge is 0.497 e. The molecule has 1 atom stereocenters. The molecule has 138 valence electrons. The number of aromatic amines is 1. The summed E-state index contributed by atoms with van der Waals surface area (Å²) < 4.78 is 5.33. The number of rotatable bonds is 5. The molecule has 6 heteroatoms. The van der Waals surface area contributed by atoms with Gasteiger partial charge in [-0.25, -0.2) is 4.98 Å². The summed E-state index contributed by atoms with van der Waals surface area (Å²) in [5, 5.41) is 0. The average Bonchev–Trinajstić information content (AvgIpc) is 3.16. The highest BCUT2D eigenvalue weighted by molar-refractivity contribution is 5.56. The number of H-pyrrole nitrogens is 1. The predicted molar refractivity (Wildman–Crippen MR) is 103 cm³/mol. The van der Waals surface area contributed by atoms with Crippen molar-refractivity contribution in [3.8, 4) is 17.0 Å². The Labute approximate surface area is 157 Å². The minimum atomic E-state index is -0.132. The molecule has 0 saturated carbocycles. The minimum Gasteiger partial charge on any atom is -0.497 e. The summed E-state index contributed by atoms with van der Waals surface area (Å²) in [4.78, 5) is 26.4. The Morgan fingerprint density at radius 1 is 1.26 bits per heavy atom. The Morgan fingerprint density at radius 3 is 3.00 bits per heavy atom. The maximum Gasteiger partial charge on any atom is 0.251 e. The summed E-state index contributed by atoms with van der Waals surface area (Å²) in [6.07, 6.45) is 5.50. The molecule has 27 heavy (non-hydrogen) atoms. The summed E-state index contributed by atoms with van der Waals surface area (Å²) in [6, 6.07) is 13.5. The van der Waals surface area contributed by atoms with Crippen molar-refractivity contribution in [2.45, 2.75) is 25.4 Å². The number of nitrogens with zero attached hydrogens (tertiary/aromatic N) is 3. The number of methoxy groups -OCH3 is 1. The number of hydrogen-bond acceptors (Lipinski definition) is 5. The van der Waals surface area contributed by atoms with Crippen molar-refractivity contribution < 1.29 is 4.74 Å². The van der Waals surface area contributed by atoms with Gasteiger partial charge in [-0.05, 0) is 49.2 Å². The van der Waals surface area contributed by atoms with Crippen LogP contribution in [0.3, 0.4) is 0 Å². The van der Waals surface area contributed by atoms with Gasteiger partial charge in [-0.15, -0.1) is 0 Å². The smallest absolute Gasteiger partial charge is 0.251 e. The molecule has 1 aliphatic rings. The van der Waals surface area contributed by atoms with Gasteiger partial charge in [-0.2, -0.15) is 0 Å². The number of benzene rings is 1. The molecular formula is C21H22N4O2. The van der Waals surface area contributed by atoms with Gasteiger partial charge >= 0.3 is 0 Å². The van der Waals surface area contributed by atoms with Crippen LogP contribution < -0.4 is 10.3 Å². The highest BCUT2D eigenvalue weighted by atomic mass is 16.5. The van der Waals surface area contributed by atoms with Crippen molar-refractivity contribution in [2.24, 2.45) is 0 Å². The van der Waals surface area contributed by atoms with Crippen LogP contribution in [0.4, 0.5) is 0 Å². The second-order valence-electron chi connectivity index (χ2n) is 6.74. The number of ether oxygens (including phenoxy) is 1. The van der Waals surface area contributed by atoms with Crippen LogP contribution in [-0.4, -0.2) is 33.5 Å². The minimum absolute atomic E-state index is 0.0977. The molecule has 1 saturated heterocycles. The van der Waals surface area contributed by atoms with Crippen LogP contribution >= 0.6 is 0 Å². The van der Waals surface area contributed by atoms with Gasteiger partial charge in [0.1, 0.15) is 11.6 Å².